The van der Waals surface area contributed by atoms with Crippen LogP contribution in [0.5, 0.6) is 0 Å². The summed E-state index contributed by atoms with van der Waals surface area (Å²) in [6.45, 7) is 7.51. The molecule has 1 unspecified atom stereocenters. The molecule has 0 aliphatic carbocycles. The molecule has 1 rings (SSSR count). The average Bonchev–Trinajstić information content (AvgIpc) is 2.73. The third-order valence-corrected chi connectivity index (χ3v) is 2.60. The first-order chi connectivity index (χ1) is 8.81. The molecule has 4 N–H and O–H groups in total. The van der Waals surface area contributed by atoms with E-state index in [1.54, 1.807) is 17.1 Å². The summed E-state index contributed by atoms with van der Waals surface area (Å²) in [5, 5.41) is 12.5. The molecule has 0 fully saturated rings. The lowest BCUT2D eigenvalue weighted by atomic mass is 9.89. The Balaban J connectivity index is 2.42. The van der Waals surface area contributed by atoms with Crippen LogP contribution in [0.3, 0.4) is 0 Å². The Kier molecular flexibility index (Phi) is 5.50. The van der Waals surface area contributed by atoms with Crippen LogP contribution in [0.2, 0.25) is 0 Å². The van der Waals surface area contributed by atoms with Crippen molar-refractivity contribution in [1.82, 2.24) is 14.9 Å². The van der Waals surface area contributed by atoms with Crippen molar-refractivity contribution < 1.29 is 9.90 Å². The van der Waals surface area contributed by atoms with Crippen molar-refractivity contribution in [3.63, 3.8) is 0 Å². The van der Waals surface area contributed by atoms with Gasteiger partial charge in [0.25, 0.3) is 5.91 Å². The number of rotatable bonds is 6. The van der Waals surface area contributed by atoms with Crippen molar-refractivity contribution in [2.45, 2.75) is 39.8 Å². The SMILES string of the molecule is CC(C)(C)CC(O)CNC(=O)c1cn(CCN)cn1. The van der Waals surface area contributed by atoms with Crippen molar-refractivity contribution >= 4 is 5.91 Å². The van der Waals surface area contributed by atoms with E-state index in [1.807, 2.05) is 20.8 Å². The summed E-state index contributed by atoms with van der Waals surface area (Å²) in [6.07, 6.45) is 3.32. The molecule has 0 aromatic carbocycles. The van der Waals surface area contributed by atoms with Crippen LogP contribution in [0.1, 0.15) is 37.7 Å². The highest BCUT2D eigenvalue weighted by Crippen LogP contribution is 2.20. The van der Waals surface area contributed by atoms with E-state index in [1.165, 1.54) is 0 Å². The minimum Gasteiger partial charge on any atom is -0.391 e. The lowest BCUT2D eigenvalue weighted by Crippen LogP contribution is -2.34. The van der Waals surface area contributed by atoms with E-state index in [2.05, 4.69) is 10.3 Å². The second-order valence-corrected chi connectivity index (χ2v) is 5.91. The number of aliphatic hydroxyl groups is 1. The molecule has 108 valence electrons. The van der Waals surface area contributed by atoms with Gasteiger partial charge in [0.05, 0.1) is 12.4 Å². The number of imidazole rings is 1. The van der Waals surface area contributed by atoms with Gasteiger partial charge in [0.1, 0.15) is 5.69 Å². The van der Waals surface area contributed by atoms with Gasteiger partial charge in [-0.2, -0.15) is 0 Å². The van der Waals surface area contributed by atoms with E-state index >= 15 is 0 Å². The third kappa shape index (κ3) is 5.85. The standard InChI is InChI=1S/C13H24N4O2/c1-13(2,3)6-10(18)7-15-12(19)11-8-17(5-4-14)9-16-11/h8-10,18H,4-7,14H2,1-3H3,(H,15,19). The molecule has 0 radical (unpaired) electrons. The predicted molar refractivity (Wildman–Crippen MR) is 73.7 cm³/mol. The number of carbonyl (C=O) groups excluding carboxylic acids is 1. The highest BCUT2D eigenvalue weighted by molar-refractivity contribution is 5.92. The van der Waals surface area contributed by atoms with Crippen molar-refractivity contribution in [2.24, 2.45) is 11.1 Å². The van der Waals surface area contributed by atoms with Crippen LogP contribution in [-0.2, 0) is 6.54 Å². The molecular formula is C13H24N4O2. The van der Waals surface area contributed by atoms with Gasteiger partial charge in [0, 0.05) is 25.8 Å². The third-order valence-electron chi connectivity index (χ3n) is 2.60. The second-order valence-electron chi connectivity index (χ2n) is 5.91. The first-order valence-electron chi connectivity index (χ1n) is 6.50. The molecule has 1 aromatic rings. The van der Waals surface area contributed by atoms with Gasteiger partial charge in [-0.15, -0.1) is 0 Å². The minimum atomic E-state index is -0.546. The fourth-order valence-corrected chi connectivity index (χ4v) is 1.83. The van der Waals surface area contributed by atoms with Gasteiger partial charge in [-0.3, -0.25) is 4.79 Å². The van der Waals surface area contributed by atoms with Gasteiger partial charge < -0.3 is 20.7 Å². The summed E-state index contributed by atoms with van der Waals surface area (Å²) in [5.41, 5.74) is 5.80. The Morgan fingerprint density at radius 3 is 2.84 bits per heavy atom. The van der Waals surface area contributed by atoms with E-state index < -0.39 is 6.10 Å². The number of aromatic nitrogens is 2. The highest BCUT2D eigenvalue weighted by Gasteiger charge is 2.18. The second kappa shape index (κ2) is 6.68. The molecule has 1 amide bonds. The number of nitrogens with two attached hydrogens (primary N) is 1. The molecule has 0 aliphatic rings. The van der Waals surface area contributed by atoms with Crippen LogP contribution in [0.15, 0.2) is 12.5 Å². The van der Waals surface area contributed by atoms with Crippen molar-refractivity contribution in [2.75, 3.05) is 13.1 Å². The number of hydrogen-bond acceptors (Lipinski definition) is 4. The van der Waals surface area contributed by atoms with Gasteiger partial charge in [-0.25, -0.2) is 4.98 Å². The summed E-state index contributed by atoms with van der Waals surface area (Å²) in [6, 6.07) is 0. The summed E-state index contributed by atoms with van der Waals surface area (Å²) < 4.78 is 1.76. The zero-order valence-electron chi connectivity index (χ0n) is 11.9. The molecule has 0 saturated heterocycles. The van der Waals surface area contributed by atoms with E-state index in [0.717, 1.165) is 0 Å². The number of aliphatic hydroxyl groups excluding tert-OH is 1. The Hall–Kier alpha value is -1.40. The Labute approximate surface area is 114 Å². The molecule has 1 atom stereocenters. The lowest BCUT2D eigenvalue weighted by Gasteiger charge is -2.22. The van der Waals surface area contributed by atoms with Crippen molar-refractivity contribution in [1.29, 1.82) is 0 Å². The van der Waals surface area contributed by atoms with E-state index in [0.29, 0.717) is 25.2 Å². The fourth-order valence-electron chi connectivity index (χ4n) is 1.83. The summed E-state index contributed by atoms with van der Waals surface area (Å²) in [4.78, 5) is 15.8. The van der Waals surface area contributed by atoms with Crippen LogP contribution in [0.4, 0.5) is 0 Å². The maximum atomic E-state index is 11.8. The molecule has 6 nitrogen and oxygen atoms in total. The minimum absolute atomic E-state index is 0.0346. The first-order valence-corrected chi connectivity index (χ1v) is 6.50. The molecule has 0 aliphatic heterocycles. The Morgan fingerprint density at radius 1 is 1.58 bits per heavy atom. The number of nitrogens with one attached hydrogen (secondary N) is 1. The van der Waals surface area contributed by atoms with Crippen LogP contribution >= 0.6 is 0 Å². The Bertz CT molecular complexity index is 409. The predicted octanol–water partition coefficient (Wildman–Crippen LogP) is 0.369. The molecule has 1 aromatic heterocycles. The molecule has 6 heteroatoms. The monoisotopic (exact) mass is 268 g/mol. The first kappa shape index (κ1) is 15.7. The molecule has 1 heterocycles. The molecule has 19 heavy (non-hydrogen) atoms. The topological polar surface area (TPSA) is 93.2 Å². The van der Waals surface area contributed by atoms with Crippen LogP contribution < -0.4 is 11.1 Å². The molecule has 0 spiro atoms. The van der Waals surface area contributed by atoms with E-state index in [9.17, 15) is 9.90 Å². The number of carbonyl (C=O) groups is 1. The van der Waals surface area contributed by atoms with Gasteiger partial charge in [-0.1, -0.05) is 20.8 Å². The average molecular weight is 268 g/mol. The smallest absolute Gasteiger partial charge is 0.271 e. The summed E-state index contributed by atoms with van der Waals surface area (Å²) >= 11 is 0. The van der Waals surface area contributed by atoms with Crippen LogP contribution in [0.25, 0.3) is 0 Å². The molecule has 0 saturated carbocycles. The number of amides is 1. The zero-order chi connectivity index (χ0) is 14.5. The van der Waals surface area contributed by atoms with Crippen molar-refractivity contribution in [3.05, 3.63) is 18.2 Å². The van der Waals surface area contributed by atoms with E-state index in [-0.39, 0.29) is 17.9 Å². The largest absolute Gasteiger partial charge is 0.391 e. The van der Waals surface area contributed by atoms with Crippen molar-refractivity contribution in [3.8, 4) is 0 Å². The van der Waals surface area contributed by atoms with Gasteiger partial charge >= 0.3 is 0 Å². The normalized spacial score (nSPS) is 13.3. The summed E-state index contributed by atoms with van der Waals surface area (Å²) in [7, 11) is 0. The van der Waals surface area contributed by atoms with E-state index in [4.69, 9.17) is 5.73 Å². The number of nitrogens with zero attached hydrogens (tertiary/aromatic N) is 2. The van der Waals surface area contributed by atoms with Gasteiger partial charge in [0.15, 0.2) is 0 Å². The summed E-state index contributed by atoms with van der Waals surface area (Å²) in [5.74, 6) is -0.274. The fraction of sp³-hybridized carbons (Fsp3) is 0.692. The number of hydrogen-bond donors (Lipinski definition) is 3. The molecule has 0 bridgehead atoms. The maximum Gasteiger partial charge on any atom is 0.271 e. The molecular weight excluding hydrogens is 244 g/mol. The lowest BCUT2D eigenvalue weighted by molar-refractivity contribution is 0.0864. The van der Waals surface area contributed by atoms with Crippen LogP contribution in [-0.4, -0.2) is 39.8 Å². The highest BCUT2D eigenvalue weighted by atomic mass is 16.3. The van der Waals surface area contributed by atoms with Gasteiger partial charge in [0.2, 0.25) is 0 Å². The maximum absolute atomic E-state index is 11.8. The van der Waals surface area contributed by atoms with Crippen LogP contribution in [0, 0.1) is 5.41 Å². The van der Waals surface area contributed by atoms with Gasteiger partial charge in [-0.05, 0) is 11.8 Å². The quantitative estimate of drug-likeness (QED) is 0.695. The Morgan fingerprint density at radius 2 is 2.26 bits per heavy atom. The zero-order valence-corrected chi connectivity index (χ0v) is 11.9.